The van der Waals surface area contributed by atoms with Crippen molar-refractivity contribution in [2.45, 2.75) is 39.3 Å². The molecule has 100 valence electrons. The van der Waals surface area contributed by atoms with E-state index in [0.29, 0.717) is 4.47 Å². The molecule has 0 fully saturated rings. The van der Waals surface area contributed by atoms with E-state index in [2.05, 4.69) is 21.2 Å². The van der Waals surface area contributed by atoms with E-state index in [4.69, 9.17) is 4.74 Å². The standard InChI is InChI=1S/C13H17BrFNO2/c1-4-8(2)16-13(17)9(3)18-12-7-10(14)5-6-11(12)15/h5-9H,4H2,1-3H3,(H,16,17). The first-order valence-electron chi connectivity index (χ1n) is 5.86. The van der Waals surface area contributed by atoms with Gasteiger partial charge in [-0.3, -0.25) is 4.79 Å². The molecular weight excluding hydrogens is 301 g/mol. The number of carbonyl (C=O) groups is 1. The van der Waals surface area contributed by atoms with Gasteiger partial charge in [-0.1, -0.05) is 22.9 Å². The van der Waals surface area contributed by atoms with E-state index in [1.54, 1.807) is 13.0 Å². The monoisotopic (exact) mass is 317 g/mol. The van der Waals surface area contributed by atoms with Gasteiger partial charge in [0.25, 0.3) is 5.91 Å². The summed E-state index contributed by atoms with van der Waals surface area (Å²) in [6.07, 6.45) is 0.103. The molecule has 1 amide bonds. The van der Waals surface area contributed by atoms with Crippen molar-refractivity contribution in [1.29, 1.82) is 0 Å². The Morgan fingerprint density at radius 2 is 2.17 bits per heavy atom. The van der Waals surface area contributed by atoms with Gasteiger partial charge in [-0.05, 0) is 38.5 Å². The summed E-state index contributed by atoms with van der Waals surface area (Å²) in [7, 11) is 0. The second kappa shape index (κ2) is 6.73. The Labute approximate surface area is 115 Å². The zero-order chi connectivity index (χ0) is 13.7. The first kappa shape index (κ1) is 15.0. The van der Waals surface area contributed by atoms with Crippen LogP contribution in [0.3, 0.4) is 0 Å². The number of hydrogen-bond acceptors (Lipinski definition) is 2. The molecule has 0 heterocycles. The van der Waals surface area contributed by atoms with Gasteiger partial charge in [-0.25, -0.2) is 4.39 Å². The van der Waals surface area contributed by atoms with Gasteiger partial charge >= 0.3 is 0 Å². The molecular formula is C13H17BrFNO2. The van der Waals surface area contributed by atoms with Gasteiger partial charge in [0.1, 0.15) is 0 Å². The van der Waals surface area contributed by atoms with E-state index in [9.17, 15) is 9.18 Å². The number of rotatable bonds is 5. The van der Waals surface area contributed by atoms with Crippen molar-refractivity contribution >= 4 is 21.8 Å². The second-order valence-corrected chi connectivity index (χ2v) is 5.07. The molecule has 0 aromatic heterocycles. The summed E-state index contributed by atoms with van der Waals surface area (Å²) in [4.78, 5) is 11.7. The number of halogens is 2. The third kappa shape index (κ3) is 4.29. The van der Waals surface area contributed by atoms with E-state index in [-0.39, 0.29) is 17.7 Å². The lowest BCUT2D eigenvalue weighted by Crippen LogP contribution is -2.41. The van der Waals surface area contributed by atoms with Crippen molar-refractivity contribution < 1.29 is 13.9 Å². The highest BCUT2D eigenvalue weighted by molar-refractivity contribution is 9.10. The smallest absolute Gasteiger partial charge is 0.260 e. The van der Waals surface area contributed by atoms with E-state index in [1.165, 1.54) is 12.1 Å². The molecule has 2 atom stereocenters. The first-order valence-corrected chi connectivity index (χ1v) is 6.65. The minimum Gasteiger partial charge on any atom is -0.478 e. The predicted molar refractivity (Wildman–Crippen MR) is 72.1 cm³/mol. The van der Waals surface area contributed by atoms with Crippen LogP contribution in [0.5, 0.6) is 5.75 Å². The molecule has 3 nitrogen and oxygen atoms in total. The third-order valence-electron chi connectivity index (χ3n) is 2.57. The quantitative estimate of drug-likeness (QED) is 0.905. The van der Waals surface area contributed by atoms with Crippen LogP contribution in [0.2, 0.25) is 0 Å². The summed E-state index contributed by atoms with van der Waals surface area (Å²) in [6.45, 7) is 5.48. The summed E-state index contributed by atoms with van der Waals surface area (Å²) in [6, 6.07) is 4.45. The van der Waals surface area contributed by atoms with Crippen LogP contribution in [0.1, 0.15) is 27.2 Å². The van der Waals surface area contributed by atoms with Crippen molar-refractivity contribution in [3.05, 3.63) is 28.5 Å². The Balaban J connectivity index is 2.66. The number of nitrogens with one attached hydrogen (secondary N) is 1. The maximum absolute atomic E-state index is 13.4. The maximum Gasteiger partial charge on any atom is 0.260 e. The van der Waals surface area contributed by atoms with Crippen molar-refractivity contribution in [3.63, 3.8) is 0 Å². The molecule has 2 unspecified atom stereocenters. The minimum atomic E-state index is -0.734. The summed E-state index contributed by atoms with van der Waals surface area (Å²) < 4.78 is 19.5. The first-order chi connectivity index (χ1) is 8.43. The Morgan fingerprint density at radius 1 is 1.50 bits per heavy atom. The topological polar surface area (TPSA) is 38.3 Å². The maximum atomic E-state index is 13.4. The van der Waals surface area contributed by atoms with Crippen LogP contribution in [0.25, 0.3) is 0 Å². The average molecular weight is 318 g/mol. The molecule has 18 heavy (non-hydrogen) atoms. The number of ether oxygens (including phenoxy) is 1. The van der Waals surface area contributed by atoms with E-state index < -0.39 is 11.9 Å². The number of benzene rings is 1. The van der Waals surface area contributed by atoms with Crippen molar-refractivity contribution in [2.75, 3.05) is 0 Å². The molecule has 0 aliphatic heterocycles. The van der Waals surface area contributed by atoms with E-state index in [1.807, 2.05) is 13.8 Å². The summed E-state index contributed by atoms with van der Waals surface area (Å²) in [5, 5.41) is 2.79. The number of hydrogen-bond donors (Lipinski definition) is 1. The van der Waals surface area contributed by atoms with Crippen molar-refractivity contribution in [3.8, 4) is 5.75 Å². The van der Waals surface area contributed by atoms with Crippen LogP contribution in [0, 0.1) is 5.82 Å². The van der Waals surface area contributed by atoms with Gasteiger partial charge in [-0.15, -0.1) is 0 Å². The fourth-order valence-electron chi connectivity index (χ4n) is 1.27. The van der Waals surface area contributed by atoms with E-state index >= 15 is 0 Å². The number of carbonyl (C=O) groups excluding carboxylic acids is 1. The zero-order valence-corrected chi connectivity index (χ0v) is 12.3. The summed E-state index contributed by atoms with van der Waals surface area (Å²) in [5.74, 6) is -0.665. The van der Waals surface area contributed by atoms with E-state index in [0.717, 1.165) is 6.42 Å². The molecule has 0 spiro atoms. The van der Waals surface area contributed by atoms with Crippen molar-refractivity contribution in [2.24, 2.45) is 0 Å². The van der Waals surface area contributed by atoms with Crippen LogP contribution in [0.15, 0.2) is 22.7 Å². The molecule has 1 rings (SSSR count). The van der Waals surface area contributed by atoms with Gasteiger partial charge in [-0.2, -0.15) is 0 Å². The minimum absolute atomic E-state index is 0.0659. The molecule has 5 heteroatoms. The summed E-state index contributed by atoms with van der Waals surface area (Å²) >= 11 is 3.23. The van der Waals surface area contributed by atoms with Gasteiger partial charge in [0.05, 0.1) is 0 Å². The molecule has 1 aromatic rings. The van der Waals surface area contributed by atoms with Gasteiger partial charge in [0.2, 0.25) is 0 Å². The normalized spacial score (nSPS) is 13.8. The van der Waals surface area contributed by atoms with Crippen LogP contribution in [-0.4, -0.2) is 18.1 Å². The molecule has 0 aliphatic rings. The van der Waals surface area contributed by atoms with Gasteiger partial charge in [0, 0.05) is 10.5 Å². The lowest BCUT2D eigenvalue weighted by molar-refractivity contribution is -0.127. The molecule has 1 aromatic carbocycles. The third-order valence-corrected chi connectivity index (χ3v) is 3.06. The highest BCUT2D eigenvalue weighted by Crippen LogP contribution is 2.23. The van der Waals surface area contributed by atoms with Gasteiger partial charge < -0.3 is 10.1 Å². The SMILES string of the molecule is CCC(C)NC(=O)C(C)Oc1cc(Br)ccc1F. The molecule has 0 bridgehead atoms. The Hall–Kier alpha value is -1.10. The zero-order valence-electron chi connectivity index (χ0n) is 10.7. The molecule has 0 saturated heterocycles. The second-order valence-electron chi connectivity index (χ2n) is 4.15. The van der Waals surface area contributed by atoms with Gasteiger partial charge in [0.15, 0.2) is 17.7 Å². The summed E-state index contributed by atoms with van der Waals surface area (Å²) in [5.41, 5.74) is 0. The van der Waals surface area contributed by atoms with Crippen LogP contribution < -0.4 is 10.1 Å². The highest BCUT2D eigenvalue weighted by Gasteiger charge is 2.17. The Bertz CT molecular complexity index is 425. The van der Waals surface area contributed by atoms with Crippen LogP contribution in [0.4, 0.5) is 4.39 Å². The fourth-order valence-corrected chi connectivity index (χ4v) is 1.61. The number of amides is 1. The predicted octanol–water partition coefficient (Wildman–Crippen LogP) is 3.27. The lowest BCUT2D eigenvalue weighted by Gasteiger charge is -2.18. The Kier molecular flexibility index (Phi) is 5.59. The lowest BCUT2D eigenvalue weighted by atomic mass is 10.2. The molecule has 0 saturated carbocycles. The highest BCUT2D eigenvalue weighted by atomic mass is 79.9. The van der Waals surface area contributed by atoms with Crippen molar-refractivity contribution in [1.82, 2.24) is 5.32 Å². The molecule has 0 aliphatic carbocycles. The molecule has 0 radical (unpaired) electrons. The molecule has 1 N–H and O–H groups in total. The largest absolute Gasteiger partial charge is 0.478 e. The fraction of sp³-hybridized carbons (Fsp3) is 0.462. The van der Waals surface area contributed by atoms with Crippen LogP contribution >= 0.6 is 15.9 Å². The van der Waals surface area contributed by atoms with Crippen LogP contribution in [-0.2, 0) is 4.79 Å². The Morgan fingerprint density at radius 3 is 2.78 bits per heavy atom. The average Bonchev–Trinajstić information content (AvgIpc) is 2.33.